The summed E-state index contributed by atoms with van der Waals surface area (Å²) in [5, 5.41) is 5.83. The first kappa shape index (κ1) is 33.7. The Hall–Kier alpha value is -3.55. The Labute approximate surface area is 246 Å². The van der Waals surface area contributed by atoms with Crippen LogP contribution < -0.4 is 15.4 Å². The lowest BCUT2D eigenvalue weighted by Gasteiger charge is -2.45. The molecular weight excluding hydrogens is 518 g/mol. The minimum atomic E-state index is -0.961. The molecule has 0 saturated carbocycles. The van der Waals surface area contributed by atoms with E-state index in [9.17, 15) is 14.4 Å². The fourth-order valence-corrected chi connectivity index (χ4v) is 4.45. The summed E-state index contributed by atoms with van der Waals surface area (Å²) in [6.07, 6.45) is 1.40. The number of nitrogens with zero attached hydrogens (tertiary/aromatic N) is 1. The highest BCUT2D eigenvalue weighted by molar-refractivity contribution is 5.99. The molecule has 2 aromatic carbocycles. The van der Waals surface area contributed by atoms with Gasteiger partial charge in [-0.2, -0.15) is 0 Å². The SMILES string of the molecule is CCc1ccc(C(C(=O)Nc2ccc(OC)cc2)N(C(=O)C(NC(=O)OC(C)(C)C)C(C)CC)C(C)(C)CC)cc1. The molecule has 2 rings (SSSR count). The van der Waals surface area contributed by atoms with E-state index in [0.29, 0.717) is 29.8 Å². The lowest BCUT2D eigenvalue weighted by Crippen LogP contribution is -2.60. The van der Waals surface area contributed by atoms with Crippen LogP contribution in [0, 0.1) is 5.92 Å². The smallest absolute Gasteiger partial charge is 0.408 e. The second-order valence-electron chi connectivity index (χ2n) is 12.1. The number of alkyl carbamates (subject to hydrolysis) is 1. The fourth-order valence-electron chi connectivity index (χ4n) is 4.45. The standard InChI is InChI=1S/C33H49N3O5/c1-11-22(4)27(35-31(39)41-32(5,6)7)30(38)36(33(8,9)13-3)28(24-16-14-23(12-2)15-17-24)29(37)34-25-18-20-26(40-10)21-19-25/h14-22,27-28H,11-13H2,1-10H3,(H,34,37)(H,35,39). The van der Waals surface area contributed by atoms with Gasteiger partial charge in [0.2, 0.25) is 5.91 Å². The van der Waals surface area contributed by atoms with E-state index in [4.69, 9.17) is 9.47 Å². The van der Waals surface area contributed by atoms with Crippen LogP contribution in [0.1, 0.15) is 92.3 Å². The summed E-state index contributed by atoms with van der Waals surface area (Å²) >= 11 is 0. The molecule has 3 amide bonds. The number of aryl methyl sites for hydroxylation is 1. The van der Waals surface area contributed by atoms with Gasteiger partial charge in [0.05, 0.1) is 7.11 Å². The molecule has 8 heteroatoms. The number of carbonyl (C=O) groups is 3. The summed E-state index contributed by atoms with van der Waals surface area (Å²) in [7, 11) is 1.58. The van der Waals surface area contributed by atoms with Crippen molar-refractivity contribution in [1.82, 2.24) is 10.2 Å². The number of ether oxygens (including phenoxy) is 2. The minimum absolute atomic E-state index is 0.210. The van der Waals surface area contributed by atoms with Crippen molar-refractivity contribution in [3.8, 4) is 5.75 Å². The van der Waals surface area contributed by atoms with Crippen LogP contribution in [0.25, 0.3) is 0 Å². The van der Waals surface area contributed by atoms with Crippen LogP contribution in [-0.2, 0) is 20.7 Å². The number of hydrogen-bond donors (Lipinski definition) is 2. The maximum Gasteiger partial charge on any atom is 0.408 e. The number of nitrogens with one attached hydrogen (secondary N) is 2. The van der Waals surface area contributed by atoms with Crippen molar-refractivity contribution in [2.75, 3.05) is 12.4 Å². The number of carbonyl (C=O) groups excluding carboxylic acids is 3. The Morgan fingerprint density at radius 1 is 0.902 bits per heavy atom. The van der Waals surface area contributed by atoms with Gasteiger partial charge in [0, 0.05) is 11.2 Å². The van der Waals surface area contributed by atoms with Gasteiger partial charge in [-0.05, 0) is 88.8 Å². The molecule has 0 fully saturated rings. The molecule has 0 aliphatic heterocycles. The third kappa shape index (κ3) is 9.23. The first-order valence-electron chi connectivity index (χ1n) is 14.5. The Balaban J connectivity index is 2.65. The lowest BCUT2D eigenvalue weighted by molar-refractivity contribution is -0.148. The number of amides is 3. The Bertz CT molecular complexity index is 1150. The van der Waals surface area contributed by atoms with E-state index in [1.165, 1.54) is 0 Å². The van der Waals surface area contributed by atoms with Crippen molar-refractivity contribution in [3.05, 3.63) is 59.7 Å². The van der Waals surface area contributed by atoms with E-state index >= 15 is 0 Å². The molecule has 3 unspecified atom stereocenters. The molecule has 8 nitrogen and oxygen atoms in total. The van der Waals surface area contributed by atoms with Crippen molar-refractivity contribution >= 4 is 23.6 Å². The molecule has 0 aliphatic carbocycles. The Morgan fingerprint density at radius 3 is 1.95 bits per heavy atom. The van der Waals surface area contributed by atoms with Crippen molar-refractivity contribution < 1.29 is 23.9 Å². The van der Waals surface area contributed by atoms with Crippen LogP contribution in [0.2, 0.25) is 0 Å². The first-order chi connectivity index (χ1) is 19.2. The van der Waals surface area contributed by atoms with Crippen LogP contribution in [0.5, 0.6) is 5.75 Å². The van der Waals surface area contributed by atoms with Crippen LogP contribution in [0.3, 0.4) is 0 Å². The summed E-state index contributed by atoms with van der Waals surface area (Å²) in [6, 6.07) is 13.0. The summed E-state index contributed by atoms with van der Waals surface area (Å²) in [5.41, 5.74) is 0.933. The molecule has 2 N–H and O–H groups in total. The lowest BCUT2D eigenvalue weighted by atomic mass is 9.89. The maximum atomic E-state index is 14.6. The van der Waals surface area contributed by atoms with Gasteiger partial charge in [0.25, 0.3) is 5.91 Å². The monoisotopic (exact) mass is 567 g/mol. The zero-order valence-electron chi connectivity index (χ0n) is 26.5. The quantitative estimate of drug-likeness (QED) is 0.291. The van der Waals surface area contributed by atoms with Gasteiger partial charge in [0.15, 0.2) is 0 Å². The maximum absolute atomic E-state index is 14.6. The number of benzene rings is 2. The molecule has 0 aliphatic rings. The van der Waals surface area contributed by atoms with Crippen molar-refractivity contribution in [2.24, 2.45) is 5.92 Å². The van der Waals surface area contributed by atoms with Crippen LogP contribution in [0.15, 0.2) is 48.5 Å². The van der Waals surface area contributed by atoms with Crippen LogP contribution in [-0.4, -0.2) is 47.1 Å². The largest absolute Gasteiger partial charge is 0.497 e. The number of hydrogen-bond acceptors (Lipinski definition) is 5. The molecule has 2 aromatic rings. The summed E-state index contributed by atoms with van der Waals surface area (Å²) in [6.45, 7) is 17.2. The van der Waals surface area contributed by atoms with Crippen LogP contribution >= 0.6 is 0 Å². The van der Waals surface area contributed by atoms with E-state index in [0.717, 1.165) is 12.0 Å². The van der Waals surface area contributed by atoms with Gasteiger partial charge in [-0.25, -0.2) is 4.79 Å². The van der Waals surface area contributed by atoms with Gasteiger partial charge in [-0.15, -0.1) is 0 Å². The third-order valence-electron chi connectivity index (χ3n) is 7.47. The van der Waals surface area contributed by atoms with E-state index in [2.05, 4.69) is 17.6 Å². The minimum Gasteiger partial charge on any atom is -0.497 e. The predicted octanol–water partition coefficient (Wildman–Crippen LogP) is 6.89. The second kappa shape index (κ2) is 14.4. The molecule has 226 valence electrons. The summed E-state index contributed by atoms with van der Waals surface area (Å²) < 4.78 is 10.8. The Morgan fingerprint density at radius 2 is 1.49 bits per heavy atom. The first-order valence-corrected chi connectivity index (χ1v) is 14.5. The van der Waals surface area contributed by atoms with Crippen molar-refractivity contribution in [2.45, 2.75) is 105 Å². The number of methoxy groups -OCH3 is 1. The topological polar surface area (TPSA) is 97.0 Å². The predicted molar refractivity (Wildman–Crippen MR) is 164 cm³/mol. The average Bonchev–Trinajstić information content (AvgIpc) is 2.93. The van der Waals surface area contributed by atoms with Gasteiger partial charge < -0.3 is 25.0 Å². The zero-order chi connectivity index (χ0) is 31.0. The normalized spacial score (nSPS) is 13.9. The van der Waals surface area contributed by atoms with Gasteiger partial charge >= 0.3 is 6.09 Å². The fraction of sp³-hybridized carbons (Fsp3) is 0.545. The molecule has 0 heterocycles. The van der Waals surface area contributed by atoms with E-state index in [-0.39, 0.29) is 17.7 Å². The van der Waals surface area contributed by atoms with E-state index in [1.54, 1.807) is 57.0 Å². The van der Waals surface area contributed by atoms with Crippen molar-refractivity contribution in [1.29, 1.82) is 0 Å². The highest BCUT2D eigenvalue weighted by atomic mass is 16.6. The molecule has 0 bridgehead atoms. The highest BCUT2D eigenvalue weighted by Crippen LogP contribution is 2.34. The second-order valence-corrected chi connectivity index (χ2v) is 12.1. The van der Waals surface area contributed by atoms with E-state index in [1.807, 2.05) is 58.9 Å². The van der Waals surface area contributed by atoms with Crippen LogP contribution in [0.4, 0.5) is 10.5 Å². The molecule has 41 heavy (non-hydrogen) atoms. The highest BCUT2D eigenvalue weighted by Gasteiger charge is 2.44. The van der Waals surface area contributed by atoms with Gasteiger partial charge in [0.1, 0.15) is 23.4 Å². The third-order valence-corrected chi connectivity index (χ3v) is 7.47. The van der Waals surface area contributed by atoms with Gasteiger partial charge in [-0.3, -0.25) is 9.59 Å². The van der Waals surface area contributed by atoms with Gasteiger partial charge in [-0.1, -0.05) is 58.4 Å². The molecule has 0 radical (unpaired) electrons. The average molecular weight is 568 g/mol. The number of anilines is 1. The summed E-state index contributed by atoms with van der Waals surface area (Å²) in [4.78, 5) is 43.3. The molecular formula is C33H49N3O5. The molecule has 0 aromatic heterocycles. The zero-order valence-corrected chi connectivity index (χ0v) is 26.5. The molecule has 0 spiro atoms. The van der Waals surface area contributed by atoms with E-state index < -0.39 is 29.3 Å². The number of rotatable bonds is 12. The molecule has 3 atom stereocenters. The van der Waals surface area contributed by atoms with Crippen molar-refractivity contribution in [3.63, 3.8) is 0 Å². The Kier molecular flexibility index (Phi) is 11.8. The molecule has 0 saturated heterocycles. The summed E-state index contributed by atoms with van der Waals surface area (Å²) in [5.74, 6) is -0.234.